The fourth-order valence-electron chi connectivity index (χ4n) is 3.57. The molecule has 2 N–H and O–H groups in total. The average molecular weight is 347 g/mol. The Balaban J connectivity index is 0.00000208. The number of halogens is 1. The lowest BCUT2D eigenvalue weighted by molar-refractivity contribution is -0.131. The molecular weight excluding hydrogens is 320 g/mol. The van der Waals surface area contributed by atoms with Gasteiger partial charge in [-0.3, -0.25) is 4.79 Å². The van der Waals surface area contributed by atoms with Gasteiger partial charge in [0.1, 0.15) is 0 Å². The van der Waals surface area contributed by atoms with E-state index in [-0.39, 0.29) is 24.4 Å². The van der Waals surface area contributed by atoms with Crippen molar-refractivity contribution in [1.29, 1.82) is 0 Å². The van der Waals surface area contributed by atoms with Crippen molar-refractivity contribution in [3.63, 3.8) is 0 Å². The molecule has 1 aliphatic rings. The minimum atomic E-state index is 0. The summed E-state index contributed by atoms with van der Waals surface area (Å²) in [6, 6.07) is 14.9. The van der Waals surface area contributed by atoms with E-state index in [1.807, 2.05) is 24.1 Å². The van der Waals surface area contributed by atoms with Gasteiger partial charge in [0.25, 0.3) is 0 Å². The second-order valence-electron chi connectivity index (χ2n) is 6.84. The first kappa shape index (κ1) is 18.8. The first-order valence-corrected chi connectivity index (χ1v) is 8.61. The molecule has 3 nitrogen and oxygen atoms in total. The minimum absolute atomic E-state index is 0. The van der Waals surface area contributed by atoms with Crippen LogP contribution in [0.5, 0.6) is 0 Å². The molecule has 0 saturated heterocycles. The van der Waals surface area contributed by atoms with Crippen LogP contribution in [0.2, 0.25) is 0 Å². The zero-order valence-electron chi connectivity index (χ0n) is 14.3. The van der Waals surface area contributed by atoms with E-state index in [1.165, 1.54) is 29.2 Å². The highest BCUT2D eigenvalue weighted by atomic mass is 35.5. The van der Waals surface area contributed by atoms with Crippen molar-refractivity contribution >= 4 is 29.1 Å². The van der Waals surface area contributed by atoms with Gasteiger partial charge in [-0.05, 0) is 41.2 Å². The van der Waals surface area contributed by atoms with Gasteiger partial charge >= 0.3 is 0 Å². The number of benzene rings is 2. The van der Waals surface area contributed by atoms with Crippen molar-refractivity contribution in [3.05, 3.63) is 48.0 Å². The largest absolute Gasteiger partial charge is 0.341 e. The van der Waals surface area contributed by atoms with Crippen LogP contribution in [0.3, 0.4) is 0 Å². The quantitative estimate of drug-likeness (QED) is 0.904. The van der Waals surface area contributed by atoms with Gasteiger partial charge < -0.3 is 10.6 Å². The van der Waals surface area contributed by atoms with Crippen LogP contribution in [0.15, 0.2) is 42.5 Å². The summed E-state index contributed by atoms with van der Waals surface area (Å²) >= 11 is 0. The summed E-state index contributed by atoms with van der Waals surface area (Å²) in [4.78, 5) is 14.3. The third-order valence-electron chi connectivity index (χ3n) is 5.06. The van der Waals surface area contributed by atoms with Crippen molar-refractivity contribution in [2.45, 2.75) is 44.7 Å². The van der Waals surface area contributed by atoms with Crippen LogP contribution in [0.25, 0.3) is 10.8 Å². The first-order valence-electron chi connectivity index (χ1n) is 8.61. The molecular formula is C20H27ClN2O. The van der Waals surface area contributed by atoms with Crippen LogP contribution in [-0.4, -0.2) is 23.9 Å². The monoisotopic (exact) mass is 346 g/mol. The van der Waals surface area contributed by atoms with Gasteiger partial charge in [0.2, 0.25) is 5.91 Å². The summed E-state index contributed by atoms with van der Waals surface area (Å²) < 4.78 is 0. The zero-order valence-corrected chi connectivity index (χ0v) is 15.1. The van der Waals surface area contributed by atoms with Crippen LogP contribution in [0.4, 0.5) is 0 Å². The van der Waals surface area contributed by atoms with Gasteiger partial charge in [-0.1, -0.05) is 49.2 Å². The van der Waals surface area contributed by atoms with E-state index >= 15 is 0 Å². The highest BCUT2D eigenvalue weighted by Crippen LogP contribution is 2.26. The SMILES string of the molecule is CN(Cc1ccc2ccccc2c1)C(=O)CC1CCCCC1N.Cl. The number of carbonyl (C=O) groups excluding carboxylic acids is 1. The molecule has 1 amide bonds. The highest BCUT2D eigenvalue weighted by Gasteiger charge is 2.25. The number of hydrogen-bond acceptors (Lipinski definition) is 2. The molecule has 130 valence electrons. The van der Waals surface area contributed by atoms with E-state index in [9.17, 15) is 4.79 Å². The summed E-state index contributed by atoms with van der Waals surface area (Å²) in [6.45, 7) is 0.658. The molecule has 0 heterocycles. The fourth-order valence-corrected chi connectivity index (χ4v) is 3.57. The number of amides is 1. The van der Waals surface area contributed by atoms with E-state index in [0.29, 0.717) is 18.9 Å². The molecule has 1 fully saturated rings. The van der Waals surface area contributed by atoms with E-state index in [2.05, 4.69) is 30.3 Å². The molecule has 0 bridgehead atoms. The minimum Gasteiger partial charge on any atom is -0.341 e. The molecule has 2 atom stereocenters. The molecule has 1 aliphatic carbocycles. The van der Waals surface area contributed by atoms with Crippen LogP contribution >= 0.6 is 12.4 Å². The molecule has 0 aromatic heterocycles. The summed E-state index contributed by atoms with van der Waals surface area (Å²) in [7, 11) is 1.89. The number of carbonyl (C=O) groups is 1. The Labute approximate surface area is 150 Å². The Bertz CT molecular complexity index is 688. The van der Waals surface area contributed by atoms with Gasteiger partial charge in [-0.2, -0.15) is 0 Å². The summed E-state index contributed by atoms with van der Waals surface area (Å²) in [5, 5.41) is 2.46. The summed E-state index contributed by atoms with van der Waals surface area (Å²) in [6.07, 6.45) is 5.16. The molecule has 3 rings (SSSR count). The van der Waals surface area contributed by atoms with Gasteiger partial charge in [0.05, 0.1) is 0 Å². The van der Waals surface area contributed by atoms with Crippen LogP contribution in [0.1, 0.15) is 37.7 Å². The van der Waals surface area contributed by atoms with Gasteiger partial charge in [-0.25, -0.2) is 0 Å². The average Bonchev–Trinajstić information content (AvgIpc) is 2.56. The molecule has 0 spiro atoms. The maximum Gasteiger partial charge on any atom is 0.222 e. The topological polar surface area (TPSA) is 46.3 Å². The second-order valence-corrected chi connectivity index (χ2v) is 6.84. The van der Waals surface area contributed by atoms with Crippen molar-refractivity contribution in [3.8, 4) is 0 Å². The standard InChI is InChI=1S/C20H26N2O.ClH/c1-22(20(23)13-18-8-4-5-9-19(18)21)14-15-10-11-16-6-2-3-7-17(16)12-15;/h2-3,6-7,10-12,18-19H,4-5,8-9,13-14,21H2,1H3;1H. The molecule has 0 radical (unpaired) electrons. The number of hydrogen-bond donors (Lipinski definition) is 1. The van der Waals surface area contributed by atoms with Crippen molar-refractivity contribution in [2.75, 3.05) is 7.05 Å². The van der Waals surface area contributed by atoms with Gasteiger partial charge in [0.15, 0.2) is 0 Å². The van der Waals surface area contributed by atoms with Crippen LogP contribution in [-0.2, 0) is 11.3 Å². The predicted molar refractivity (Wildman–Crippen MR) is 102 cm³/mol. The van der Waals surface area contributed by atoms with Crippen molar-refractivity contribution < 1.29 is 4.79 Å². The fraction of sp³-hybridized carbons (Fsp3) is 0.450. The Kier molecular flexibility index (Phi) is 6.64. The normalized spacial score (nSPS) is 20.4. The third kappa shape index (κ3) is 4.49. The summed E-state index contributed by atoms with van der Waals surface area (Å²) in [5.74, 6) is 0.566. The van der Waals surface area contributed by atoms with E-state index in [4.69, 9.17) is 5.73 Å². The van der Waals surface area contributed by atoms with Gasteiger partial charge in [0, 0.05) is 26.1 Å². The number of rotatable bonds is 4. The maximum absolute atomic E-state index is 12.5. The number of nitrogens with two attached hydrogens (primary N) is 1. The lowest BCUT2D eigenvalue weighted by atomic mass is 9.83. The van der Waals surface area contributed by atoms with E-state index in [1.54, 1.807) is 0 Å². The molecule has 2 aromatic rings. The van der Waals surface area contributed by atoms with Crippen LogP contribution in [0, 0.1) is 5.92 Å². The second kappa shape index (κ2) is 8.50. The highest BCUT2D eigenvalue weighted by molar-refractivity contribution is 5.85. The van der Waals surface area contributed by atoms with Gasteiger partial charge in [-0.15, -0.1) is 12.4 Å². The Morgan fingerprint density at radius 3 is 2.58 bits per heavy atom. The van der Waals surface area contributed by atoms with Crippen molar-refractivity contribution in [1.82, 2.24) is 4.90 Å². The maximum atomic E-state index is 12.5. The Morgan fingerprint density at radius 1 is 1.12 bits per heavy atom. The molecule has 24 heavy (non-hydrogen) atoms. The Hall–Kier alpha value is -1.58. The lowest BCUT2D eigenvalue weighted by Gasteiger charge is -2.29. The lowest BCUT2D eigenvalue weighted by Crippen LogP contribution is -2.37. The van der Waals surface area contributed by atoms with Crippen LogP contribution < -0.4 is 5.73 Å². The molecule has 2 unspecified atom stereocenters. The summed E-state index contributed by atoms with van der Waals surface area (Å²) in [5.41, 5.74) is 7.35. The predicted octanol–water partition coefficient (Wildman–Crippen LogP) is 4.13. The number of nitrogens with zero attached hydrogens (tertiary/aromatic N) is 1. The third-order valence-corrected chi connectivity index (χ3v) is 5.06. The smallest absolute Gasteiger partial charge is 0.222 e. The number of fused-ring (bicyclic) bond motifs is 1. The molecule has 1 saturated carbocycles. The molecule has 0 aliphatic heterocycles. The van der Waals surface area contributed by atoms with Crippen molar-refractivity contribution in [2.24, 2.45) is 11.7 Å². The Morgan fingerprint density at radius 2 is 1.83 bits per heavy atom. The molecule has 4 heteroatoms. The van der Waals surface area contributed by atoms with E-state index < -0.39 is 0 Å². The molecule has 2 aromatic carbocycles. The van der Waals surface area contributed by atoms with E-state index in [0.717, 1.165) is 12.8 Å². The zero-order chi connectivity index (χ0) is 16.2. The first-order chi connectivity index (χ1) is 11.1.